The van der Waals surface area contributed by atoms with Crippen LogP contribution in [0.1, 0.15) is 20.3 Å². The van der Waals surface area contributed by atoms with E-state index in [2.05, 4.69) is 40.5 Å². The van der Waals surface area contributed by atoms with Gasteiger partial charge in [0.05, 0.1) is 5.60 Å². The summed E-state index contributed by atoms with van der Waals surface area (Å²) in [6.07, 6.45) is 1.05. The summed E-state index contributed by atoms with van der Waals surface area (Å²) in [6.45, 7) is 5.03. The van der Waals surface area contributed by atoms with Crippen LogP contribution in [0.25, 0.3) is 0 Å². The van der Waals surface area contributed by atoms with Crippen molar-refractivity contribution in [2.24, 2.45) is 0 Å². The molecule has 0 bridgehead atoms. The molecule has 1 aliphatic rings. The average molecular weight is 244 g/mol. The Morgan fingerprint density at radius 2 is 2.20 bits per heavy atom. The second-order valence-electron chi connectivity index (χ2n) is 2.68. The number of rotatable bonds is 0. The van der Waals surface area contributed by atoms with Crippen LogP contribution in [0.2, 0.25) is 0 Å². The quantitative estimate of drug-likeness (QED) is 0.311. The van der Waals surface area contributed by atoms with E-state index in [0.29, 0.717) is 0 Å². The van der Waals surface area contributed by atoms with Crippen LogP contribution in [0.3, 0.4) is 0 Å². The van der Waals surface area contributed by atoms with Gasteiger partial charge in [0.2, 0.25) is 0 Å². The largest absolute Gasteiger partial charge is 1.00 e. The van der Waals surface area contributed by atoms with Crippen molar-refractivity contribution in [2.45, 2.75) is 25.9 Å². The number of halogens is 1. The molecule has 1 rings (SSSR count). The summed E-state index contributed by atoms with van der Waals surface area (Å²) in [5.41, 5.74) is 1.25. The Kier molecular flexibility index (Phi) is 4.58. The molecule has 0 radical (unpaired) electrons. The molecule has 1 fully saturated rings. The molecule has 0 aliphatic carbocycles. The predicted octanol–water partition coefficient (Wildman–Crippen LogP) is -0.689. The summed E-state index contributed by atoms with van der Waals surface area (Å²) in [7, 11) is 0. The van der Waals surface area contributed by atoms with E-state index in [1.54, 1.807) is 0 Å². The van der Waals surface area contributed by atoms with Gasteiger partial charge in [0, 0.05) is 6.61 Å². The van der Waals surface area contributed by atoms with Crippen LogP contribution in [0.5, 0.6) is 0 Å². The predicted molar refractivity (Wildman–Crippen MR) is 45.4 cm³/mol. The normalized spacial score (nSPS) is 26.5. The second-order valence-corrected chi connectivity index (χ2v) is 3.22. The number of ether oxygens (including phenoxy) is 1. The van der Waals surface area contributed by atoms with Gasteiger partial charge >= 0.3 is 18.9 Å². The molecule has 1 heterocycles. The zero-order chi connectivity index (χ0) is 6.91. The molecule has 0 saturated carbocycles. The summed E-state index contributed by atoms with van der Waals surface area (Å²) in [6, 6.07) is 0. The summed E-state index contributed by atoms with van der Waals surface area (Å²) >= 11 is 2.15. The Labute approximate surface area is 87.9 Å². The maximum Gasteiger partial charge on any atom is 1.00 e. The molecule has 10 heavy (non-hydrogen) atoms. The molecule has 0 aromatic heterocycles. The summed E-state index contributed by atoms with van der Waals surface area (Å²) in [5, 5.41) is 0. The van der Waals surface area contributed by atoms with Crippen LogP contribution in [-0.4, -0.2) is 12.2 Å². The van der Waals surface area contributed by atoms with Gasteiger partial charge in [0.15, 0.2) is 0 Å². The van der Waals surface area contributed by atoms with E-state index in [9.17, 15) is 0 Å². The second kappa shape index (κ2) is 4.15. The first-order valence-electron chi connectivity index (χ1n) is 3.04. The molecule has 0 unspecified atom stereocenters. The van der Waals surface area contributed by atoms with Gasteiger partial charge in [-0.1, -0.05) is 0 Å². The first kappa shape index (κ1) is 11.0. The van der Waals surface area contributed by atoms with Crippen molar-refractivity contribution in [1.29, 1.82) is 0 Å². The molecule has 0 spiro atoms. The Hall–Kier alpha value is 1.03. The van der Waals surface area contributed by atoms with Crippen LogP contribution in [0.4, 0.5) is 0 Å². The molecule has 0 atom stereocenters. The monoisotopic (exact) mass is 244 g/mol. The van der Waals surface area contributed by atoms with Crippen LogP contribution in [-0.2, 0) is 4.74 Å². The van der Waals surface area contributed by atoms with Gasteiger partial charge in [0.25, 0.3) is 0 Å². The van der Waals surface area contributed by atoms with Gasteiger partial charge in [-0.05, 0) is 20.3 Å². The van der Waals surface area contributed by atoms with Crippen LogP contribution in [0.15, 0.2) is 5.57 Å². The van der Waals surface area contributed by atoms with Crippen molar-refractivity contribution in [3.05, 3.63) is 9.66 Å². The van der Waals surface area contributed by atoms with E-state index in [1.807, 2.05) is 0 Å². The molecular weight excluding hydrogens is 234 g/mol. The van der Waals surface area contributed by atoms with Gasteiger partial charge in [0.1, 0.15) is 0 Å². The van der Waals surface area contributed by atoms with Crippen LogP contribution in [0, 0.1) is 4.08 Å². The van der Waals surface area contributed by atoms with E-state index >= 15 is 0 Å². The third-order valence-electron chi connectivity index (χ3n) is 1.66. The Bertz CT molecular complexity index is 143. The molecule has 0 aromatic carbocycles. The first-order valence-corrected chi connectivity index (χ1v) is 4.11. The molecule has 3 heteroatoms. The minimum atomic E-state index is -0.0405. The van der Waals surface area contributed by atoms with Crippen molar-refractivity contribution < 1.29 is 23.6 Å². The summed E-state index contributed by atoms with van der Waals surface area (Å²) in [4.78, 5) is 0. The van der Waals surface area contributed by atoms with Gasteiger partial charge in [-0.25, -0.2) is 5.57 Å². The fraction of sp³-hybridized carbons (Fsp3) is 0.714. The third kappa shape index (κ3) is 2.26. The Balaban J connectivity index is 0.000000810. The topological polar surface area (TPSA) is 9.23 Å². The molecule has 1 saturated heterocycles. The van der Waals surface area contributed by atoms with Gasteiger partial charge < -0.3 is 31.4 Å². The molecule has 0 amide bonds. The SMILES string of the molecule is CC1(C)OCCC1=[C-]I.[Li+]. The molecule has 1 aliphatic heterocycles. The molecule has 0 aromatic rings. The van der Waals surface area contributed by atoms with E-state index < -0.39 is 0 Å². The van der Waals surface area contributed by atoms with Crippen LogP contribution >= 0.6 is 22.6 Å². The first-order chi connectivity index (χ1) is 4.17. The zero-order valence-electron chi connectivity index (χ0n) is 6.70. The smallest absolute Gasteiger partial charge is 0.424 e. The Morgan fingerprint density at radius 1 is 1.60 bits per heavy atom. The van der Waals surface area contributed by atoms with Crippen molar-refractivity contribution in [3.63, 3.8) is 0 Å². The van der Waals surface area contributed by atoms with Crippen LogP contribution < -0.4 is 18.9 Å². The van der Waals surface area contributed by atoms with E-state index in [1.165, 1.54) is 5.57 Å². The zero-order valence-corrected chi connectivity index (χ0v) is 8.86. The maximum atomic E-state index is 5.44. The maximum absolute atomic E-state index is 5.44. The third-order valence-corrected chi connectivity index (χ3v) is 2.31. The molecule has 1 nitrogen and oxygen atoms in total. The Morgan fingerprint density at radius 3 is 2.40 bits per heavy atom. The molecular formula is C7H10ILiO. The molecule has 0 N–H and O–H groups in total. The van der Waals surface area contributed by atoms with E-state index in [4.69, 9.17) is 4.74 Å². The van der Waals surface area contributed by atoms with Gasteiger partial charge in [-0.3, -0.25) is 0 Å². The fourth-order valence-electron chi connectivity index (χ4n) is 0.957. The molecule has 52 valence electrons. The van der Waals surface area contributed by atoms with Crippen molar-refractivity contribution in [1.82, 2.24) is 0 Å². The fourth-order valence-corrected chi connectivity index (χ4v) is 1.88. The minimum absolute atomic E-state index is 0. The summed E-state index contributed by atoms with van der Waals surface area (Å²) in [5.74, 6) is 0. The number of hydrogen-bond acceptors (Lipinski definition) is 1. The van der Waals surface area contributed by atoms with Crippen molar-refractivity contribution in [2.75, 3.05) is 6.61 Å². The average Bonchev–Trinajstić information content (AvgIpc) is 2.08. The number of hydrogen-bond donors (Lipinski definition) is 0. The summed E-state index contributed by atoms with van der Waals surface area (Å²) < 4.78 is 8.56. The van der Waals surface area contributed by atoms with Crippen molar-refractivity contribution >= 4 is 22.6 Å². The van der Waals surface area contributed by atoms with Gasteiger partial charge in [-0.15, -0.1) is 0 Å². The van der Waals surface area contributed by atoms with Crippen molar-refractivity contribution in [3.8, 4) is 0 Å². The van der Waals surface area contributed by atoms with E-state index in [-0.39, 0.29) is 24.5 Å². The van der Waals surface area contributed by atoms with E-state index in [0.717, 1.165) is 13.0 Å². The standard InChI is InChI=1S/C7H10IO.Li/c1-7(2)6(5-8)3-4-9-7;/h3-4H2,1-2H3;/q-1;+1. The minimum Gasteiger partial charge on any atom is -0.424 e. The van der Waals surface area contributed by atoms with Gasteiger partial charge in [-0.2, -0.15) is 0 Å².